The van der Waals surface area contributed by atoms with Gasteiger partial charge in [0.2, 0.25) is 0 Å². The van der Waals surface area contributed by atoms with Crippen molar-refractivity contribution in [1.82, 2.24) is 0 Å². The van der Waals surface area contributed by atoms with Crippen LogP contribution in [0.1, 0.15) is 5.56 Å². The molecule has 10 rings (SSSR count). The van der Waals surface area contributed by atoms with E-state index < -0.39 is 0 Å². The molecular weight excluding hydrogens is 691 g/mol. The zero-order valence-corrected chi connectivity index (χ0v) is 31.6. The van der Waals surface area contributed by atoms with Crippen molar-refractivity contribution in [3.63, 3.8) is 0 Å². The lowest BCUT2D eigenvalue weighted by molar-refractivity contribution is 0.629. The average molecular weight is 730 g/mol. The summed E-state index contributed by atoms with van der Waals surface area (Å²) < 4.78 is 6.44. The lowest BCUT2D eigenvalue weighted by Crippen LogP contribution is -2.10. The first-order valence-corrected chi connectivity index (χ1v) is 19.5. The fraction of sp³-hybridized carbons (Fsp3) is 0.0182. The molecule has 0 bridgehead atoms. The molecule has 9 aromatic carbocycles. The fourth-order valence-corrected chi connectivity index (χ4v) is 8.09. The molecule has 0 saturated carbocycles. The molecule has 0 aliphatic carbocycles. The molecule has 57 heavy (non-hydrogen) atoms. The largest absolute Gasteiger partial charge is 0.456 e. The summed E-state index contributed by atoms with van der Waals surface area (Å²) in [6, 6.07) is 78.1. The Balaban J connectivity index is 0.996. The summed E-state index contributed by atoms with van der Waals surface area (Å²) in [6.07, 6.45) is 0. The van der Waals surface area contributed by atoms with Crippen molar-refractivity contribution >= 4 is 38.8 Å². The predicted molar refractivity (Wildman–Crippen MR) is 240 cm³/mol. The van der Waals surface area contributed by atoms with E-state index in [-0.39, 0.29) is 0 Å². The van der Waals surface area contributed by atoms with Crippen LogP contribution in [0.2, 0.25) is 0 Å². The highest BCUT2D eigenvalue weighted by Gasteiger charge is 2.17. The van der Waals surface area contributed by atoms with Crippen molar-refractivity contribution in [2.45, 2.75) is 6.92 Å². The molecule has 0 N–H and O–H groups in total. The number of rotatable bonds is 8. The van der Waals surface area contributed by atoms with E-state index in [9.17, 15) is 0 Å². The highest BCUT2D eigenvalue weighted by atomic mass is 16.3. The van der Waals surface area contributed by atoms with Crippen molar-refractivity contribution in [2.24, 2.45) is 0 Å². The van der Waals surface area contributed by atoms with Crippen LogP contribution in [0.15, 0.2) is 223 Å². The van der Waals surface area contributed by atoms with Gasteiger partial charge in [0, 0.05) is 33.6 Å². The molecule has 0 amide bonds. The predicted octanol–water partition coefficient (Wildman–Crippen LogP) is 15.7. The number of benzene rings is 9. The number of hydrogen-bond acceptors (Lipinski definition) is 2. The van der Waals surface area contributed by atoms with Gasteiger partial charge < -0.3 is 9.32 Å². The van der Waals surface area contributed by atoms with Crippen LogP contribution >= 0.6 is 0 Å². The van der Waals surface area contributed by atoms with E-state index >= 15 is 0 Å². The van der Waals surface area contributed by atoms with E-state index in [0.29, 0.717) is 0 Å². The van der Waals surface area contributed by atoms with Crippen LogP contribution in [0.5, 0.6) is 0 Å². The van der Waals surface area contributed by atoms with Crippen molar-refractivity contribution in [3.05, 3.63) is 224 Å². The van der Waals surface area contributed by atoms with E-state index in [1.807, 2.05) is 12.1 Å². The molecule has 270 valence electrons. The monoisotopic (exact) mass is 729 g/mol. The molecule has 0 radical (unpaired) electrons. The Morgan fingerprint density at radius 3 is 1.40 bits per heavy atom. The van der Waals surface area contributed by atoms with Crippen LogP contribution < -0.4 is 4.90 Å². The van der Waals surface area contributed by atoms with Gasteiger partial charge in [-0.2, -0.15) is 0 Å². The van der Waals surface area contributed by atoms with Gasteiger partial charge in [-0.15, -0.1) is 0 Å². The molecule has 0 aliphatic rings. The number of furan rings is 1. The lowest BCUT2D eigenvalue weighted by atomic mass is 9.96. The molecule has 0 spiro atoms. The molecule has 0 fully saturated rings. The summed E-state index contributed by atoms with van der Waals surface area (Å²) >= 11 is 0. The SMILES string of the molecule is Cc1c(-c2cccc(N(c3ccc(-c4ccc(-c5ccccc5)cc4)cc3)c3ccc(-c4ccc(-c5cccc6ccccc56)cc4)cc3)c2)oc2ccccc12. The number of fused-ring (bicyclic) bond motifs is 2. The fourth-order valence-electron chi connectivity index (χ4n) is 8.09. The van der Waals surface area contributed by atoms with E-state index in [1.165, 1.54) is 55.3 Å². The normalized spacial score (nSPS) is 11.2. The number of nitrogens with zero attached hydrogens (tertiary/aromatic N) is 1. The third-order valence-electron chi connectivity index (χ3n) is 11.1. The molecule has 2 heteroatoms. The van der Waals surface area contributed by atoms with Gasteiger partial charge in [-0.3, -0.25) is 0 Å². The second-order valence-electron chi connectivity index (χ2n) is 14.6. The first kappa shape index (κ1) is 34.1. The van der Waals surface area contributed by atoms with E-state index in [4.69, 9.17) is 4.42 Å². The molecular formula is C55H39NO. The minimum Gasteiger partial charge on any atom is -0.456 e. The summed E-state index contributed by atoms with van der Waals surface area (Å²) in [7, 11) is 0. The zero-order chi connectivity index (χ0) is 38.1. The van der Waals surface area contributed by atoms with Crippen molar-refractivity contribution < 1.29 is 4.42 Å². The second-order valence-corrected chi connectivity index (χ2v) is 14.6. The van der Waals surface area contributed by atoms with Gasteiger partial charge in [-0.25, -0.2) is 0 Å². The Kier molecular flexibility index (Phi) is 8.78. The summed E-state index contributed by atoms with van der Waals surface area (Å²) in [4.78, 5) is 2.33. The van der Waals surface area contributed by atoms with Crippen LogP contribution in [0, 0.1) is 6.92 Å². The van der Waals surface area contributed by atoms with Gasteiger partial charge in [0.1, 0.15) is 11.3 Å². The van der Waals surface area contributed by atoms with Crippen molar-refractivity contribution in [3.8, 4) is 55.8 Å². The summed E-state index contributed by atoms with van der Waals surface area (Å²) in [6.45, 7) is 2.14. The van der Waals surface area contributed by atoms with Gasteiger partial charge in [0.05, 0.1) is 0 Å². The van der Waals surface area contributed by atoms with Crippen LogP contribution in [-0.2, 0) is 0 Å². The molecule has 0 unspecified atom stereocenters. The summed E-state index contributed by atoms with van der Waals surface area (Å²) in [5, 5.41) is 3.67. The summed E-state index contributed by atoms with van der Waals surface area (Å²) in [5.74, 6) is 0.898. The molecule has 0 atom stereocenters. The maximum Gasteiger partial charge on any atom is 0.138 e. The molecule has 1 heterocycles. The van der Waals surface area contributed by atoms with Gasteiger partial charge in [0.15, 0.2) is 0 Å². The molecule has 0 saturated heterocycles. The number of anilines is 3. The lowest BCUT2D eigenvalue weighted by Gasteiger charge is -2.26. The number of aryl methyl sites for hydroxylation is 1. The van der Waals surface area contributed by atoms with E-state index in [2.05, 4.69) is 218 Å². The van der Waals surface area contributed by atoms with Crippen molar-refractivity contribution in [1.29, 1.82) is 0 Å². The highest BCUT2D eigenvalue weighted by Crippen LogP contribution is 2.41. The summed E-state index contributed by atoms with van der Waals surface area (Å²) in [5.41, 5.74) is 15.9. The Bertz CT molecular complexity index is 2970. The minimum absolute atomic E-state index is 0.898. The molecule has 10 aromatic rings. The minimum atomic E-state index is 0.898. The van der Waals surface area contributed by atoms with Crippen molar-refractivity contribution in [2.75, 3.05) is 4.90 Å². The third-order valence-corrected chi connectivity index (χ3v) is 11.1. The quantitative estimate of drug-likeness (QED) is 0.155. The number of para-hydroxylation sites is 1. The Hall–Kier alpha value is -7.42. The number of hydrogen-bond donors (Lipinski definition) is 0. The Labute approximate surface area is 333 Å². The van der Waals surface area contributed by atoms with Gasteiger partial charge in [0.25, 0.3) is 0 Å². The topological polar surface area (TPSA) is 16.4 Å². The van der Waals surface area contributed by atoms with E-state index in [0.717, 1.165) is 44.9 Å². The van der Waals surface area contributed by atoms with Crippen LogP contribution in [0.4, 0.5) is 17.1 Å². The maximum atomic E-state index is 6.44. The second kappa shape index (κ2) is 14.7. The van der Waals surface area contributed by atoms with E-state index in [1.54, 1.807) is 0 Å². The highest BCUT2D eigenvalue weighted by molar-refractivity contribution is 5.97. The van der Waals surface area contributed by atoms with Gasteiger partial charge >= 0.3 is 0 Å². The maximum absolute atomic E-state index is 6.44. The molecule has 2 nitrogen and oxygen atoms in total. The van der Waals surface area contributed by atoms with Crippen LogP contribution in [-0.4, -0.2) is 0 Å². The zero-order valence-electron chi connectivity index (χ0n) is 31.6. The Morgan fingerprint density at radius 2 is 0.789 bits per heavy atom. The molecule has 1 aromatic heterocycles. The first-order chi connectivity index (χ1) is 28.2. The first-order valence-electron chi connectivity index (χ1n) is 19.5. The molecule has 0 aliphatic heterocycles. The van der Waals surface area contributed by atoms with Gasteiger partial charge in [-0.05, 0) is 105 Å². The third kappa shape index (κ3) is 6.58. The van der Waals surface area contributed by atoms with Crippen LogP contribution in [0.25, 0.3) is 77.6 Å². The standard InChI is InChI=1S/C55H39NO/c1-38-51-17-7-8-20-54(51)57-55(38)47-15-9-16-50(37-47)56(48-33-29-43(30-34-48)41-23-21-40(22-24-41)39-11-3-2-4-12-39)49-35-31-44(32-36-49)42-25-27-46(28-26-42)53-19-10-14-45-13-5-6-18-52(45)53/h2-37H,1H3. The smallest absolute Gasteiger partial charge is 0.138 e. The average Bonchev–Trinajstić information content (AvgIpc) is 3.63. The van der Waals surface area contributed by atoms with Crippen LogP contribution in [0.3, 0.4) is 0 Å². The Morgan fingerprint density at radius 1 is 0.333 bits per heavy atom. The van der Waals surface area contributed by atoms with Gasteiger partial charge in [-0.1, -0.05) is 176 Å².